The molecular weight excluding hydrogens is 274 g/mol. The number of benzene rings is 1. The van der Waals surface area contributed by atoms with Crippen molar-refractivity contribution >= 4 is 15.7 Å². The summed E-state index contributed by atoms with van der Waals surface area (Å²) in [6, 6.07) is 5.91. The molecule has 0 aliphatic rings. The molecule has 0 fully saturated rings. The molecule has 0 bridgehead atoms. The average molecular weight is 284 g/mol. The molecule has 2 aromatic rings. The second-order valence-corrected chi connectivity index (χ2v) is 5.45. The lowest BCUT2D eigenvalue weighted by Gasteiger charge is -2.10. The molecule has 0 saturated carbocycles. The van der Waals surface area contributed by atoms with Gasteiger partial charge in [0, 0.05) is 6.20 Å². The van der Waals surface area contributed by atoms with Crippen molar-refractivity contribution in [1.82, 2.24) is 4.98 Å². The van der Waals surface area contributed by atoms with Crippen LogP contribution < -0.4 is 4.72 Å². The summed E-state index contributed by atoms with van der Waals surface area (Å²) in [6.07, 6.45) is 1.16. The number of aromatic nitrogens is 1. The summed E-state index contributed by atoms with van der Waals surface area (Å²) in [5.41, 5.74) is 0.561. The van der Waals surface area contributed by atoms with Crippen molar-refractivity contribution in [3.05, 3.63) is 53.7 Å². The summed E-state index contributed by atoms with van der Waals surface area (Å²) in [7, 11) is -4.19. The zero-order valence-corrected chi connectivity index (χ0v) is 10.7. The third kappa shape index (κ3) is 2.87. The molecule has 1 aromatic carbocycles. The highest BCUT2D eigenvalue weighted by Gasteiger charge is 2.21. The predicted molar refractivity (Wildman–Crippen MR) is 66.1 cm³/mol. The van der Waals surface area contributed by atoms with Gasteiger partial charge in [0.1, 0.15) is 5.82 Å². The standard InChI is InChI=1S/C12H10F2N2O2S/c1-8-4-5-9(13)7-11(8)16-19(17,18)12-10(14)3-2-6-15-12/h2-7,16H,1H3. The van der Waals surface area contributed by atoms with E-state index in [0.717, 1.165) is 18.3 Å². The number of hydrogen-bond donors (Lipinski definition) is 1. The van der Waals surface area contributed by atoms with Crippen molar-refractivity contribution in [3.63, 3.8) is 0 Å². The van der Waals surface area contributed by atoms with Gasteiger partial charge in [-0.15, -0.1) is 0 Å². The number of nitrogens with one attached hydrogen (secondary N) is 1. The van der Waals surface area contributed by atoms with Gasteiger partial charge in [-0.2, -0.15) is 8.42 Å². The van der Waals surface area contributed by atoms with Crippen LogP contribution in [0.3, 0.4) is 0 Å². The zero-order valence-electron chi connectivity index (χ0n) is 9.89. The fraction of sp³-hybridized carbons (Fsp3) is 0.0833. The van der Waals surface area contributed by atoms with Crippen LogP contribution in [0.4, 0.5) is 14.5 Å². The maximum atomic E-state index is 13.4. The summed E-state index contributed by atoms with van der Waals surface area (Å²) in [6.45, 7) is 1.60. The van der Waals surface area contributed by atoms with Crippen LogP contribution in [0.5, 0.6) is 0 Å². The van der Waals surface area contributed by atoms with Crippen molar-refractivity contribution in [3.8, 4) is 0 Å². The van der Waals surface area contributed by atoms with Crippen LogP contribution >= 0.6 is 0 Å². The van der Waals surface area contributed by atoms with Gasteiger partial charge in [-0.1, -0.05) is 6.07 Å². The smallest absolute Gasteiger partial charge is 0.278 e. The van der Waals surface area contributed by atoms with Crippen molar-refractivity contribution in [1.29, 1.82) is 0 Å². The van der Waals surface area contributed by atoms with Gasteiger partial charge in [0.15, 0.2) is 5.82 Å². The lowest BCUT2D eigenvalue weighted by Crippen LogP contribution is -2.16. The summed E-state index contributed by atoms with van der Waals surface area (Å²) < 4.78 is 52.5. The topological polar surface area (TPSA) is 59.1 Å². The number of rotatable bonds is 3. The zero-order chi connectivity index (χ0) is 14.0. The van der Waals surface area contributed by atoms with E-state index in [9.17, 15) is 17.2 Å². The molecule has 0 aliphatic heterocycles. The molecule has 4 nitrogen and oxygen atoms in total. The summed E-state index contributed by atoms with van der Waals surface area (Å²) in [4.78, 5) is 3.48. The summed E-state index contributed by atoms with van der Waals surface area (Å²) in [5, 5.41) is -0.723. The van der Waals surface area contributed by atoms with Gasteiger partial charge >= 0.3 is 0 Å². The van der Waals surface area contributed by atoms with E-state index in [1.165, 1.54) is 18.2 Å². The lowest BCUT2D eigenvalue weighted by atomic mass is 10.2. The number of pyridine rings is 1. The van der Waals surface area contributed by atoms with Gasteiger partial charge < -0.3 is 0 Å². The molecule has 0 saturated heterocycles. The molecule has 19 heavy (non-hydrogen) atoms. The second-order valence-electron chi connectivity index (χ2n) is 3.86. The van der Waals surface area contributed by atoms with Crippen LogP contribution in [0, 0.1) is 18.6 Å². The number of sulfonamides is 1. The quantitative estimate of drug-likeness (QED) is 0.942. The fourth-order valence-corrected chi connectivity index (χ4v) is 2.60. The largest absolute Gasteiger partial charge is 0.282 e. The molecule has 1 heterocycles. The van der Waals surface area contributed by atoms with E-state index in [4.69, 9.17) is 0 Å². The molecule has 0 atom stereocenters. The minimum absolute atomic E-state index is 0.0463. The first-order valence-electron chi connectivity index (χ1n) is 5.29. The number of anilines is 1. The highest BCUT2D eigenvalue weighted by Crippen LogP contribution is 2.20. The van der Waals surface area contributed by atoms with Crippen LogP contribution in [-0.2, 0) is 10.0 Å². The Morgan fingerprint density at radius 2 is 1.95 bits per heavy atom. The van der Waals surface area contributed by atoms with Gasteiger partial charge in [0.2, 0.25) is 5.03 Å². The average Bonchev–Trinajstić information content (AvgIpc) is 2.34. The fourth-order valence-electron chi connectivity index (χ4n) is 1.47. The molecule has 1 aromatic heterocycles. The molecule has 2 rings (SSSR count). The molecule has 0 aliphatic carbocycles. The maximum absolute atomic E-state index is 13.4. The molecular formula is C12H10F2N2O2S. The van der Waals surface area contributed by atoms with E-state index in [2.05, 4.69) is 9.71 Å². The lowest BCUT2D eigenvalue weighted by molar-refractivity contribution is 0.556. The van der Waals surface area contributed by atoms with Gasteiger partial charge in [-0.3, -0.25) is 4.72 Å². The minimum atomic E-state index is -4.19. The Labute approximate surface area is 109 Å². The summed E-state index contributed by atoms with van der Waals surface area (Å²) in [5.74, 6) is -1.56. The number of nitrogens with zero attached hydrogens (tertiary/aromatic N) is 1. The van der Waals surface area contributed by atoms with Crippen molar-refractivity contribution in [2.24, 2.45) is 0 Å². The Hall–Kier alpha value is -2.02. The molecule has 0 radical (unpaired) electrons. The first kappa shape index (κ1) is 13.4. The Kier molecular flexibility index (Phi) is 3.48. The first-order valence-corrected chi connectivity index (χ1v) is 6.78. The van der Waals surface area contributed by atoms with E-state index in [1.807, 2.05) is 0 Å². The maximum Gasteiger partial charge on any atom is 0.282 e. The SMILES string of the molecule is Cc1ccc(F)cc1NS(=O)(=O)c1ncccc1F. The van der Waals surface area contributed by atoms with Crippen LogP contribution in [0.1, 0.15) is 5.56 Å². The molecule has 1 N–H and O–H groups in total. The highest BCUT2D eigenvalue weighted by molar-refractivity contribution is 7.92. The molecule has 0 amide bonds. The van der Waals surface area contributed by atoms with Crippen LogP contribution in [0.15, 0.2) is 41.6 Å². The van der Waals surface area contributed by atoms with Gasteiger partial charge in [-0.25, -0.2) is 13.8 Å². The van der Waals surface area contributed by atoms with E-state index in [0.29, 0.717) is 5.56 Å². The normalized spacial score (nSPS) is 11.3. The summed E-state index contributed by atoms with van der Waals surface area (Å²) >= 11 is 0. The van der Waals surface area contributed by atoms with Gasteiger partial charge in [0.25, 0.3) is 10.0 Å². The third-order valence-electron chi connectivity index (χ3n) is 2.42. The monoisotopic (exact) mass is 284 g/mol. The second kappa shape index (κ2) is 4.93. The van der Waals surface area contributed by atoms with Gasteiger partial charge in [0.05, 0.1) is 5.69 Å². The van der Waals surface area contributed by atoms with Crippen molar-refractivity contribution in [2.75, 3.05) is 4.72 Å². The van der Waals surface area contributed by atoms with Gasteiger partial charge in [-0.05, 0) is 36.8 Å². The van der Waals surface area contributed by atoms with Crippen molar-refractivity contribution < 1.29 is 17.2 Å². The molecule has 0 spiro atoms. The Balaban J connectivity index is 2.43. The Morgan fingerprint density at radius 1 is 1.21 bits per heavy atom. The van der Waals surface area contributed by atoms with Crippen LogP contribution in [0.25, 0.3) is 0 Å². The number of halogens is 2. The van der Waals surface area contributed by atoms with E-state index in [-0.39, 0.29) is 5.69 Å². The minimum Gasteiger partial charge on any atom is -0.278 e. The van der Waals surface area contributed by atoms with E-state index < -0.39 is 26.7 Å². The molecule has 0 unspecified atom stereocenters. The third-order valence-corrected chi connectivity index (χ3v) is 3.72. The number of aryl methyl sites for hydroxylation is 1. The predicted octanol–water partition coefficient (Wildman–Crippen LogP) is 2.47. The van der Waals surface area contributed by atoms with Crippen molar-refractivity contribution in [2.45, 2.75) is 11.9 Å². The van der Waals surface area contributed by atoms with Crippen LogP contribution in [0.2, 0.25) is 0 Å². The van der Waals surface area contributed by atoms with Crippen LogP contribution in [-0.4, -0.2) is 13.4 Å². The highest BCUT2D eigenvalue weighted by atomic mass is 32.2. The Bertz CT molecular complexity index is 717. The Morgan fingerprint density at radius 3 is 2.63 bits per heavy atom. The van der Waals surface area contributed by atoms with E-state index in [1.54, 1.807) is 6.92 Å². The number of hydrogen-bond acceptors (Lipinski definition) is 3. The first-order chi connectivity index (χ1) is 8.90. The molecule has 7 heteroatoms. The molecule has 100 valence electrons. The van der Waals surface area contributed by atoms with E-state index >= 15 is 0 Å².